The van der Waals surface area contributed by atoms with E-state index in [0.29, 0.717) is 19.1 Å². The lowest BCUT2D eigenvalue weighted by molar-refractivity contribution is -0.139. The lowest BCUT2D eigenvalue weighted by Gasteiger charge is -2.29. The van der Waals surface area contributed by atoms with Crippen LogP contribution >= 0.6 is 0 Å². The monoisotopic (exact) mass is 353 g/mol. The number of benzene rings is 2. The van der Waals surface area contributed by atoms with Gasteiger partial charge in [0.15, 0.2) is 0 Å². The van der Waals surface area contributed by atoms with Crippen LogP contribution in [0, 0.1) is 5.92 Å². The molecular weight excluding hydrogens is 326 g/mol. The van der Waals surface area contributed by atoms with Gasteiger partial charge < -0.3 is 14.4 Å². The lowest BCUT2D eigenvalue weighted by atomic mass is 10.1. The molecule has 138 valence electrons. The minimum absolute atomic E-state index is 0.0520. The molecule has 0 aromatic heterocycles. The van der Waals surface area contributed by atoms with E-state index in [1.54, 1.807) is 7.11 Å². The first-order valence-electron chi connectivity index (χ1n) is 9.21. The van der Waals surface area contributed by atoms with Gasteiger partial charge in [-0.1, -0.05) is 42.5 Å². The summed E-state index contributed by atoms with van der Waals surface area (Å²) in [5.74, 6) is 1.50. The van der Waals surface area contributed by atoms with Gasteiger partial charge in [0.25, 0.3) is 0 Å². The number of methoxy groups -OCH3 is 1. The normalized spacial score (nSPS) is 14.7. The number of carbonyl (C=O) groups excluding carboxylic acids is 1. The zero-order valence-electron chi connectivity index (χ0n) is 15.6. The molecule has 1 aliphatic carbocycles. The number of amides is 1. The minimum atomic E-state index is 0.0520. The fourth-order valence-electron chi connectivity index (χ4n) is 3.13. The molecule has 4 nitrogen and oxygen atoms in total. The summed E-state index contributed by atoms with van der Waals surface area (Å²) in [5, 5.41) is 0. The quantitative estimate of drug-likeness (QED) is 0.683. The SMILES string of the molecule is COc1ccc(CN(C(=O)COCc2ccccc2)C(C)C2CC2)cc1. The van der Waals surface area contributed by atoms with Crippen LogP contribution in [0.5, 0.6) is 5.75 Å². The van der Waals surface area contributed by atoms with Gasteiger partial charge in [0.2, 0.25) is 5.91 Å². The van der Waals surface area contributed by atoms with Gasteiger partial charge in [-0.15, -0.1) is 0 Å². The van der Waals surface area contributed by atoms with E-state index in [1.165, 1.54) is 12.8 Å². The molecule has 0 N–H and O–H groups in total. The van der Waals surface area contributed by atoms with Gasteiger partial charge in [-0.3, -0.25) is 4.79 Å². The summed E-state index contributed by atoms with van der Waals surface area (Å²) in [4.78, 5) is 14.8. The average molecular weight is 353 g/mol. The first kappa shape index (κ1) is 18.5. The Morgan fingerprint density at radius 3 is 2.38 bits per heavy atom. The second-order valence-corrected chi connectivity index (χ2v) is 6.93. The number of ether oxygens (including phenoxy) is 2. The third-order valence-electron chi connectivity index (χ3n) is 4.97. The second kappa shape index (κ2) is 8.86. The molecule has 1 fully saturated rings. The highest BCUT2D eigenvalue weighted by atomic mass is 16.5. The zero-order valence-corrected chi connectivity index (χ0v) is 15.6. The number of hydrogen-bond acceptors (Lipinski definition) is 3. The maximum absolute atomic E-state index is 12.8. The smallest absolute Gasteiger partial charge is 0.249 e. The summed E-state index contributed by atoms with van der Waals surface area (Å²) >= 11 is 0. The molecule has 4 heteroatoms. The molecule has 1 unspecified atom stereocenters. The molecule has 1 aliphatic rings. The third-order valence-corrected chi connectivity index (χ3v) is 4.97. The van der Waals surface area contributed by atoms with E-state index in [0.717, 1.165) is 16.9 Å². The number of rotatable bonds is 9. The van der Waals surface area contributed by atoms with Crippen LogP contribution in [-0.2, 0) is 22.7 Å². The molecule has 2 aromatic carbocycles. The van der Waals surface area contributed by atoms with E-state index in [1.807, 2.05) is 59.5 Å². The molecule has 0 heterocycles. The molecule has 3 rings (SSSR count). The van der Waals surface area contributed by atoms with E-state index in [-0.39, 0.29) is 18.6 Å². The standard InChI is InChI=1S/C22H27NO3/c1-17(20-10-11-20)23(14-18-8-12-21(25-2)13-9-18)22(24)16-26-15-19-6-4-3-5-7-19/h3-9,12-13,17,20H,10-11,14-16H2,1-2H3. The fraction of sp³-hybridized carbons (Fsp3) is 0.409. The van der Waals surface area contributed by atoms with Crippen LogP contribution in [-0.4, -0.2) is 30.6 Å². The first-order chi connectivity index (χ1) is 12.7. The lowest BCUT2D eigenvalue weighted by Crippen LogP contribution is -2.41. The largest absolute Gasteiger partial charge is 0.497 e. The number of nitrogens with zero attached hydrogens (tertiary/aromatic N) is 1. The van der Waals surface area contributed by atoms with E-state index in [9.17, 15) is 4.79 Å². The fourth-order valence-corrected chi connectivity index (χ4v) is 3.13. The number of carbonyl (C=O) groups is 1. The van der Waals surface area contributed by atoms with Crippen LogP contribution in [0.15, 0.2) is 54.6 Å². The van der Waals surface area contributed by atoms with Crippen LogP contribution in [0.2, 0.25) is 0 Å². The molecule has 0 bridgehead atoms. The molecule has 2 aromatic rings. The first-order valence-corrected chi connectivity index (χ1v) is 9.21. The van der Waals surface area contributed by atoms with Crippen molar-refractivity contribution in [1.82, 2.24) is 4.90 Å². The molecular formula is C22H27NO3. The second-order valence-electron chi connectivity index (χ2n) is 6.93. The Bertz CT molecular complexity index is 695. The van der Waals surface area contributed by atoms with Gasteiger partial charge >= 0.3 is 0 Å². The summed E-state index contributed by atoms with van der Waals surface area (Å²) in [7, 11) is 1.66. The summed E-state index contributed by atoms with van der Waals surface area (Å²) in [6.07, 6.45) is 2.41. The van der Waals surface area contributed by atoms with Crippen molar-refractivity contribution >= 4 is 5.91 Å². The van der Waals surface area contributed by atoms with Crippen molar-refractivity contribution in [3.8, 4) is 5.75 Å². The van der Waals surface area contributed by atoms with Gasteiger partial charge in [0, 0.05) is 12.6 Å². The Morgan fingerprint density at radius 2 is 1.77 bits per heavy atom. The zero-order chi connectivity index (χ0) is 18.4. The van der Waals surface area contributed by atoms with E-state index in [4.69, 9.17) is 9.47 Å². The summed E-state index contributed by atoms with van der Waals surface area (Å²) in [6.45, 7) is 3.33. The molecule has 0 spiro atoms. The molecule has 0 radical (unpaired) electrons. The topological polar surface area (TPSA) is 38.8 Å². The Labute approximate surface area is 155 Å². The van der Waals surface area contributed by atoms with Gasteiger partial charge in [-0.25, -0.2) is 0 Å². The van der Waals surface area contributed by atoms with Crippen molar-refractivity contribution < 1.29 is 14.3 Å². The van der Waals surface area contributed by atoms with Crippen LogP contribution < -0.4 is 4.74 Å². The predicted octanol–water partition coefficient (Wildman–Crippen LogP) is 4.04. The van der Waals surface area contributed by atoms with Crippen LogP contribution in [0.4, 0.5) is 0 Å². The summed E-state index contributed by atoms with van der Waals surface area (Å²) < 4.78 is 10.9. The average Bonchev–Trinajstić information content (AvgIpc) is 3.52. The molecule has 26 heavy (non-hydrogen) atoms. The number of hydrogen-bond donors (Lipinski definition) is 0. The summed E-state index contributed by atoms with van der Waals surface area (Å²) in [6, 6.07) is 18.1. The van der Waals surface area contributed by atoms with Crippen LogP contribution in [0.3, 0.4) is 0 Å². The Kier molecular flexibility index (Phi) is 6.29. The highest BCUT2D eigenvalue weighted by Gasteiger charge is 2.34. The molecule has 0 saturated heterocycles. The maximum atomic E-state index is 12.8. The highest BCUT2D eigenvalue weighted by Crippen LogP contribution is 2.35. The highest BCUT2D eigenvalue weighted by molar-refractivity contribution is 5.77. The molecule has 1 amide bonds. The van der Waals surface area contributed by atoms with E-state index >= 15 is 0 Å². The van der Waals surface area contributed by atoms with Crippen LogP contribution in [0.25, 0.3) is 0 Å². The van der Waals surface area contributed by atoms with Gasteiger partial charge in [0.1, 0.15) is 12.4 Å². The minimum Gasteiger partial charge on any atom is -0.497 e. The molecule has 1 saturated carbocycles. The van der Waals surface area contributed by atoms with Gasteiger partial charge in [-0.2, -0.15) is 0 Å². The molecule has 1 atom stereocenters. The van der Waals surface area contributed by atoms with Crippen molar-refractivity contribution in [2.45, 2.75) is 39.0 Å². The van der Waals surface area contributed by atoms with Crippen molar-refractivity contribution in [2.24, 2.45) is 5.92 Å². The Hall–Kier alpha value is -2.33. The maximum Gasteiger partial charge on any atom is 0.249 e. The Balaban J connectivity index is 1.59. The van der Waals surface area contributed by atoms with Crippen molar-refractivity contribution in [3.63, 3.8) is 0 Å². The van der Waals surface area contributed by atoms with Gasteiger partial charge in [-0.05, 0) is 48.9 Å². The van der Waals surface area contributed by atoms with Gasteiger partial charge in [0.05, 0.1) is 13.7 Å². The van der Waals surface area contributed by atoms with E-state index in [2.05, 4.69) is 6.92 Å². The van der Waals surface area contributed by atoms with Crippen molar-refractivity contribution in [1.29, 1.82) is 0 Å². The van der Waals surface area contributed by atoms with Crippen LogP contribution in [0.1, 0.15) is 30.9 Å². The Morgan fingerprint density at radius 1 is 1.08 bits per heavy atom. The van der Waals surface area contributed by atoms with E-state index < -0.39 is 0 Å². The van der Waals surface area contributed by atoms with Crippen molar-refractivity contribution in [3.05, 3.63) is 65.7 Å². The summed E-state index contributed by atoms with van der Waals surface area (Å²) in [5.41, 5.74) is 2.19. The predicted molar refractivity (Wildman–Crippen MR) is 102 cm³/mol. The molecule has 0 aliphatic heterocycles. The third kappa shape index (κ3) is 5.09. The van der Waals surface area contributed by atoms with Crippen molar-refractivity contribution in [2.75, 3.05) is 13.7 Å².